The molecule has 0 saturated carbocycles. The van der Waals surface area contributed by atoms with Gasteiger partial charge in [-0.05, 0) is 31.4 Å². The van der Waals surface area contributed by atoms with Gasteiger partial charge < -0.3 is 14.7 Å². The van der Waals surface area contributed by atoms with E-state index in [1.54, 1.807) is 31.8 Å². The Kier molecular flexibility index (Phi) is 5.67. The number of carboxylic acids is 1. The Morgan fingerprint density at radius 1 is 1.32 bits per heavy atom. The van der Waals surface area contributed by atoms with Gasteiger partial charge in [0.25, 0.3) is 0 Å². The molecular weight excluding hydrogens is 320 g/mol. The van der Waals surface area contributed by atoms with Gasteiger partial charge in [0, 0.05) is 44.4 Å². The minimum absolute atomic E-state index is 0.147. The van der Waals surface area contributed by atoms with E-state index >= 15 is 0 Å². The summed E-state index contributed by atoms with van der Waals surface area (Å²) in [7, 11) is 1.73. The molecule has 7 heteroatoms. The van der Waals surface area contributed by atoms with Crippen molar-refractivity contribution in [2.45, 2.75) is 12.8 Å². The number of carboxylic acid groups (broad SMARTS) is 1. The average molecular weight is 342 g/mol. The number of hydrogen-bond acceptors (Lipinski definition) is 6. The minimum Gasteiger partial charge on any atom is -0.478 e. The number of likely N-dealkylation sites (tertiary alicyclic amines) is 1. The summed E-state index contributed by atoms with van der Waals surface area (Å²) in [6.45, 7) is 3.86. The molecule has 1 atom stereocenters. The lowest BCUT2D eigenvalue weighted by Gasteiger charge is -2.15. The molecule has 3 rings (SSSR count). The van der Waals surface area contributed by atoms with Crippen LogP contribution in [-0.2, 0) is 11.2 Å². The van der Waals surface area contributed by atoms with Gasteiger partial charge in [0.1, 0.15) is 0 Å². The first-order valence-corrected chi connectivity index (χ1v) is 8.36. The van der Waals surface area contributed by atoms with E-state index in [0.717, 1.165) is 44.8 Å². The van der Waals surface area contributed by atoms with Crippen molar-refractivity contribution in [3.8, 4) is 11.3 Å². The molecule has 0 amide bonds. The third kappa shape index (κ3) is 4.58. The number of hydrogen-bond donors (Lipinski definition) is 1. The topological polar surface area (TPSA) is 88.4 Å². The monoisotopic (exact) mass is 342 g/mol. The lowest BCUT2D eigenvalue weighted by atomic mass is 10.0. The van der Waals surface area contributed by atoms with Crippen LogP contribution in [0.5, 0.6) is 0 Å². The highest BCUT2D eigenvalue weighted by molar-refractivity contribution is 5.88. The molecule has 0 spiro atoms. The van der Waals surface area contributed by atoms with E-state index in [4.69, 9.17) is 9.84 Å². The lowest BCUT2D eigenvalue weighted by Crippen LogP contribution is -2.25. The summed E-state index contributed by atoms with van der Waals surface area (Å²) in [5, 5.41) is 9.10. The van der Waals surface area contributed by atoms with Crippen LogP contribution in [0.25, 0.3) is 11.3 Å². The van der Waals surface area contributed by atoms with E-state index in [1.165, 1.54) is 6.20 Å². The van der Waals surface area contributed by atoms with Crippen molar-refractivity contribution >= 4 is 5.97 Å². The van der Waals surface area contributed by atoms with Crippen molar-refractivity contribution in [1.29, 1.82) is 0 Å². The molecule has 1 saturated heterocycles. The zero-order chi connectivity index (χ0) is 17.6. The predicted molar refractivity (Wildman–Crippen MR) is 92.3 cm³/mol. The second kappa shape index (κ2) is 8.13. The maximum Gasteiger partial charge on any atom is 0.337 e. The van der Waals surface area contributed by atoms with Crippen LogP contribution in [0, 0.1) is 5.92 Å². The Hall–Kier alpha value is -2.38. The van der Waals surface area contributed by atoms with E-state index in [0.29, 0.717) is 17.2 Å². The summed E-state index contributed by atoms with van der Waals surface area (Å²) >= 11 is 0. The minimum atomic E-state index is -0.999. The highest BCUT2D eigenvalue weighted by atomic mass is 16.5. The highest BCUT2D eigenvalue weighted by Gasteiger charge is 2.23. The molecule has 1 aliphatic heterocycles. The zero-order valence-corrected chi connectivity index (χ0v) is 14.3. The Morgan fingerprint density at radius 2 is 2.16 bits per heavy atom. The van der Waals surface area contributed by atoms with E-state index in [2.05, 4.69) is 19.9 Å². The fourth-order valence-electron chi connectivity index (χ4n) is 3.14. The number of aromatic nitrogens is 3. The van der Waals surface area contributed by atoms with Crippen LogP contribution in [0.4, 0.5) is 0 Å². The first kappa shape index (κ1) is 17.4. The molecule has 2 aromatic heterocycles. The van der Waals surface area contributed by atoms with Crippen LogP contribution in [0.3, 0.4) is 0 Å². The molecule has 7 nitrogen and oxygen atoms in total. The van der Waals surface area contributed by atoms with Gasteiger partial charge in [-0.1, -0.05) is 0 Å². The molecule has 0 unspecified atom stereocenters. The van der Waals surface area contributed by atoms with Crippen LogP contribution in [0.15, 0.2) is 30.9 Å². The van der Waals surface area contributed by atoms with Crippen molar-refractivity contribution in [2.75, 3.05) is 33.4 Å². The van der Waals surface area contributed by atoms with Crippen molar-refractivity contribution in [1.82, 2.24) is 19.9 Å². The number of pyridine rings is 1. The summed E-state index contributed by atoms with van der Waals surface area (Å²) in [5.74, 6) is -0.439. The van der Waals surface area contributed by atoms with Crippen LogP contribution in [0.1, 0.15) is 22.5 Å². The molecule has 0 bridgehead atoms. The molecule has 3 heterocycles. The summed E-state index contributed by atoms with van der Waals surface area (Å²) < 4.78 is 5.14. The Labute approximate surface area is 146 Å². The second-order valence-electron chi connectivity index (χ2n) is 6.32. The van der Waals surface area contributed by atoms with Gasteiger partial charge in [0.2, 0.25) is 0 Å². The third-order valence-corrected chi connectivity index (χ3v) is 4.44. The molecule has 1 aliphatic rings. The molecule has 132 valence electrons. The molecule has 1 N–H and O–H groups in total. The van der Waals surface area contributed by atoms with Crippen LogP contribution in [-0.4, -0.2) is 64.3 Å². The smallest absolute Gasteiger partial charge is 0.337 e. The van der Waals surface area contributed by atoms with Crippen molar-refractivity contribution in [3.05, 3.63) is 42.1 Å². The number of carbonyl (C=O) groups is 1. The lowest BCUT2D eigenvalue weighted by molar-refractivity contribution is 0.0696. The van der Waals surface area contributed by atoms with Gasteiger partial charge in [-0.2, -0.15) is 0 Å². The Morgan fingerprint density at radius 3 is 2.96 bits per heavy atom. The van der Waals surface area contributed by atoms with E-state index < -0.39 is 5.97 Å². The maximum atomic E-state index is 11.1. The van der Waals surface area contributed by atoms with E-state index in [9.17, 15) is 4.79 Å². The average Bonchev–Trinajstić information content (AvgIpc) is 3.07. The van der Waals surface area contributed by atoms with Gasteiger partial charge in [-0.3, -0.25) is 9.97 Å². The first-order valence-electron chi connectivity index (χ1n) is 8.36. The Bertz CT molecular complexity index is 738. The number of nitrogens with zero attached hydrogens (tertiary/aromatic N) is 4. The second-order valence-corrected chi connectivity index (χ2v) is 6.32. The zero-order valence-electron chi connectivity index (χ0n) is 14.3. The van der Waals surface area contributed by atoms with Crippen molar-refractivity contribution in [2.24, 2.45) is 5.92 Å². The van der Waals surface area contributed by atoms with E-state index in [-0.39, 0.29) is 5.56 Å². The fraction of sp³-hybridized carbons (Fsp3) is 0.444. The SMILES string of the molecule is COCCN1CC[C@@H](Cc2cncc(-c3cncc(C(=O)O)c3)n2)C1. The molecule has 0 radical (unpaired) electrons. The molecule has 2 aromatic rings. The summed E-state index contributed by atoms with van der Waals surface area (Å²) in [5.41, 5.74) is 2.40. The Balaban J connectivity index is 1.68. The first-order chi connectivity index (χ1) is 12.2. The molecule has 0 aliphatic carbocycles. The maximum absolute atomic E-state index is 11.1. The fourth-order valence-corrected chi connectivity index (χ4v) is 3.14. The quantitative estimate of drug-likeness (QED) is 0.820. The predicted octanol–water partition coefficient (Wildman–Crippen LogP) is 1.75. The summed E-state index contributed by atoms with van der Waals surface area (Å²) in [6.07, 6.45) is 8.39. The standard InChI is InChI=1S/C18H22N4O3/c1-25-5-4-22-3-2-13(12-22)6-16-10-20-11-17(21-16)14-7-15(18(23)24)9-19-8-14/h7-11,13H,2-6,12H2,1H3,(H,23,24)/t13-/m0/s1. The summed E-state index contributed by atoms with van der Waals surface area (Å²) in [4.78, 5) is 26.4. The van der Waals surface area contributed by atoms with Crippen molar-refractivity contribution in [3.63, 3.8) is 0 Å². The highest BCUT2D eigenvalue weighted by Crippen LogP contribution is 2.22. The molecule has 1 fully saturated rings. The number of ether oxygens (including phenoxy) is 1. The molecule has 25 heavy (non-hydrogen) atoms. The van der Waals surface area contributed by atoms with Crippen LogP contribution in [0.2, 0.25) is 0 Å². The number of aromatic carboxylic acids is 1. The van der Waals surface area contributed by atoms with Gasteiger partial charge in [0.05, 0.1) is 29.8 Å². The van der Waals surface area contributed by atoms with Gasteiger partial charge in [-0.15, -0.1) is 0 Å². The normalized spacial score (nSPS) is 17.7. The summed E-state index contributed by atoms with van der Waals surface area (Å²) in [6, 6.07) is 1.57. The molecule has 0 aromatic carbocycles. The van der Waals surface area contributed by atoms with Gasteiger partial charge >= 0.3 is 5.97 Å². The largest absolute Gasteiger partial charge is 0.478 e. The van der Waals surface area contributed by atoms with Crippen LogP contribution < -0.4 is 0 Å². The van der Waals surface area contributed by atoms with Gasteiger partial charge in [0.15, 0.2) is 0 Å². The van der Waals surface area contributed by atoms with E-state index in [1.807, 2.05) is 0 Å². The number of rotatable bonds is 7. The van der Waals surface area contributed by atoms with Crippen LogP contribution >= 0.6 is 0 Å². The molecular formula is C18H22N4O3. The van der Waals surface area contributed by atoms with Crippen molar-refractivity contribution < 1.29 is 14.6 Å². The van der Waals surface area contributed by atoms with Gasteiger partial charge in [-0.25, -0.2) is 9.78 Å². The third-order valence-electron chi connectivity index (χ3n) is 4.44. The number of methoxy groups -OCH3 is 1.